The van der Waals surface area contributed by atoms with Crippen molar-refractivity contribution in [1.82, 2.24) is 4.98 Å². The Morgan fingerprint density at radius 2 is 2.24 bits per heavy atom. The van der Waals surface area contributed by atoms with Crippen molar-refractivity contribution in [3.8, 4) is 0 Å². The van der Waals surface area contributed by atoms with Crippen LogP contribution in [0, 0.1) is 0 Å². The first-order valence-electron chi connectivity index (χ1n) is 6.05. The molecule has 0 saturated heterocycles. The minimum Gasteiger partial charge on any atom is -0.368 e. The average Bonchev–Trinajstić information content (AvgIpc) is 2.35. The van der Waals surface area contributed by atoms with E-state index in [1.807, 2.05) is 11.8 Å². The van der Waals surface area contributed by atoms with Crippen molar-refractivity contribution in [3.63, 3.8) is 0 Å². The first-order chi connectivity index (χ1) is 8.24. The summed E-state index contributed by atoms with van der Waals surface area (Å²) in [7, 11) is 0. The van der Waals surface area contributed by atoms with Crippen molar-refractivity contribution in [1.29, 1.82) is 0 Å². The third-order valence-corrected chi connectivity index (χ3v) is 4.16. The van der Waals surface area contributed by atoms with E-state index < -0.39 is 0 Å². The van der Waals surface area contributed by atoms with Gasteiger partial charge < -0.3 is 5.32 Å². The molecule has 0 aliphatic carbocycles. The number of nitrogens with zero attached hydrogens (tertiary/aromatic N) is 1. The summed E-state index contributed by atoms with van der Waals surface area (Å²) < 4.78 is 0. The molecule has 2 aromatic rings. The predicted octanol–water partition coefficient (Wildman–Crippen LogP) is 4.12. The molecule has 3 heteroatoms. The summed E-state index contributed by atoms with van der Waals surface area (Å²) in [6, 6.07) is 8.86. The van der Waals surface area contributed by atoms with Gasteiger partial charge >= 0.3 is 0 Å². The van der Waals surface area contributed by atoms with Crippen LogP contribution >= 0.6 is 11.8 Å². The topological polar surface area (TPSA) is 24.9 Å². The van der Waals surface area contributed by atoms with Crippen LogP contribution in [0.4, 0.5) is 5.82 Å². The van der Waals surface area contributed by atoms with Gasteiger partial charge in [0.25, 0.3) is 0 Å². The molecule has 1 aromatic heterocycles. The highest BCUT2D eigenvalue weighted by atomic mass is 32.2. The molecule has 2 nitrogen and oxygen atoms in total. The molecule has 3 rings (SSSR count). The Hall–Kier alpha value is -1.22. The lowest BCUT2D eigenvalue weighted by atomic mass is 10.0. The van der Waals surface area contributed by atoms with E-state index in [2.05, 4.69) is 43.4 Å². The summed E-state index contributed by atoms with van der Waals surface area (Å²) in [6.45, 7) is 5.45. The summed E-state index contributed by atoms with van der Waals surface area (Å²) in [6.07, 6.45) is 0. The van der Waals surface area contributed by atoms with Gasteiger partial charge in [0.2, 0.25) is 0 Å². The van der Waals surface area contributed by atoms with Gasteiger partial charge in [-0.05, 0) is 23.6 Å². The molecule has 0 fully saturated rings. The third kappa shape index (κ3) is 2.00. The molecule has 0 radical (unpaired) electrons. The van der Waals surface area contributed by atoms with Crippen LogP contribution in [0.5, 0.6) is 0 Å². The average molecular weight is 246 g/mol. The molecule has 0 bridgehead atoms. The van der Waals surface area contributed by atoms with Crippen molar-refractivity contribution >= 4 is 28.5 Å². The maximum absolute atomic E-state index is 4.73. The second-order valence-electron chi connectivity index (χ2n) is 4.72. The Morgan fingerprint density at radius 1 is 1.35 bits per heavy atom. The van der Waals surface area contributed by atoms with Gasteiger partial charge in [-0.2, -0.15) is 0 Å². The molecule has 1 aliphatic heterocycles. The number of thioether (sulfide) groups is 1. The summed E-state index contributed by atoms with van der Waals surface area (Å²) in [5, 5.41) is 4.61. The Kier molecular flexibility index (Phi) is 2.71. The lowest BCUT2D eigenvalue weighted by Crippen LogP contribution is -2.11. The second kappa shape index (κ2) is 4.22. The van der Waals surface area contributed by atoms with Crippen LogP contribution in [-0.4, -0.2) is 17.3 Å². The van der Waals surface area contributed by atoms with E-state index in [4.69, 9.17) is 4.98 Å². The van der Waals surface area contributed by atoms with E-state index >= 15 is 0 Å². The number of hydrogen-bond donors (Lipinski definition) is 1. The fourth-order valence-corrected chi connectivity index (χ4v) is 2.98. The summed E-state index contributed by atoms with van der Waals surface area (Å²) >= 11 is 1.89. The fourth-order valence-electron chi connectivity index (χ4n) is 2.09. The first kappa shape index (κ1) is 10.9. The number of hydrogen-bond acceptors (Lipinski definition) is 3. The monoisotopic (exact) mass is 246 g/mol. The number of nitrogens with one attached hydrogen (secondary N) is 1. The number of fused-ring (bicyclic) bond motifs is 2. The van der Waals surface area contributed by atoms with Crippen LogP contribution in [-0.2, 0) is 0 Å². The zero-order valence-corrected chi connectivity index (χ0v) is 11.0. The Bertz CT molecular complexity index is 569. The molecule has 0 atom stereocenters. The number of benzene rings is 1. The van der Waals surface area contributed by atoms with E-state index in [-0.39, 0.29) is 1.43 Å². The lowest BCUT2D eigenvalue weighted by Gasteiger charge is -2.17. The number of rotatable bonds is 1. The van der Waals surface area contributed by atoms with E-state index in [0.717, 1.165) is 23.6 Å². The van der Waals surface area contributed by atoms with Gasteiger partial charge in [-0.1, -0.05) is 26.0 Å². The highest BCUT2D eigenvalue weighted by molar-refractivity contribution is 7.99. The molecule has 0 spiro atoms. The molecule has 0 unspecified atom stereocenters. The van der Waals surface area contributed by atoms with Gasteiger partial charge in [0, 0.05) is 19.1 Å². The molecule has 17 heavy (non-hydrogen) atoms. The van der Waals surface area contributed by atoms with Gasteiger partial charge in [0.1, 0.15) is 5.82 Å². The standard InChI is InChI=1S/C14H16N2S.H2/c1-9(2)10-3-4-11-8-13-14(15-5-6-17-13)16-12(11)7-10;/h3-4,7-9H,5-6H2,1-2H3,(H,15,16);1H. The van der Waals surface area contributed by atoms with Crippen molar-refractivity contribution < 1.29 is 1.43 Å². The Balaban J connectivity index is 0.00000120. The van der Waals surface area contributed by atoms with Gasteiger partial charge in [-0.3, -0.25) is 0 Å². The van der Waals surface area contributed by atoms with Crippen LogP contribution in [0.15, 0.2) is 29.2 Å². The minimum atomic E-state index is 0. The molecular formula is C14H18N2S. The van der Waals surface area contributed by atoms with Crippen molar-refractivity contribution in [2.45, 2.75) is 24.7 Å². The summed E-state index contributed by atoms with van der Waals surface area (Å²) in [5.41, 5.74) is 2.46. The SMILES string of the molecule is CC(C)c1ccc2cc3c(nc2c1)NCCS3.[HH]. The number of pyridine rings is 1. The van der Waals surface area contributed by atoms with Crippen LogP contribution in [0.2, 0.25) is 0 Å². The van der Waals surface area contributed by atoms with E-state index in [0.29, 0.717) is 5.92 Å². The first-order valence-corrected chi connectivity index (χ1v) is 7.04. The Morgan fingerprint density at radius 3 is 3.06 bits per heavy atom. The van der Waals surface area contributed by atoms with E-state index in [1.54, 1.807) is 0 Å². The lowest BCUT2D eigenvalue weighted by molar-refractivity contribution is 0.868. The predicted molar refractivity (Wildman–Crippen MR) is 77.2 cm³/mol. The number of anilines is 1. The highest BCUT2D eigenvalue weighted by Gasteiger charge is 2.12. The van der Waals surface area contributed by atoms with Crippen LogP contribution in [0.3, 0.4) is 0 Å². The summed E-state index contributed by atoms with van der Waals surface area (Å²) in [4.78, 5) is 6.01. The molecule has 0 amide bonds. The van der Waals surface area contributed by atoms with Crippen LogP contribution < -0.4 is 5.32 Å². The molecule has 1 N–H and O–H groups in total. The van der Waals surface area contributed by atoms with Crippen molar-refractivity contribution in [3.05, 3.63) is 29.8 Å². The van der Waals surface area contributed by atoms with Gasteiger partial charge in [-0.25, -0.2) is 4.98 Å². The van der Waals surface area contributed by atoms with E-state index in [1.165, 1.54) is 15.8 Å². The molecule has 1 aliphatic rings. The second-order valence-corrected chi connectivity index (χ2v) is 5.85. The third-order valence-electron chi connectivity index (χ3n) is 3.13. The number of aromatic nitrogens is 1. The van der Waals surface area contributed by atoms with Crippen LogP contribution in [0.25, 0.3) is 10.9 Å². The molecule has 1 aromatic carbocycles. The van der Waals surface area contributed by atoms with Crippen molar-refractivity contribution in [2.75, 3.05) is 17.6 Å². The van der Waals surface area contributed by atoms with Gasteiger partial charge in [0.15, 0.2) is 0 Å². The molecular weight excluding hydrogens is 228 g/mol. The molecule has 0 saturated carbocycles. The van der Waals surface area contributed by atoms with Gasteiger partial charge in [-0.15, -0.1) is 11.8 Å². The molecule has 2 heterocycles. The zero-order valence-electron chi connectivity index (χ0n) is 10.2. The summed E-state index contributed by atoms with van der Waals surface area (Å²) in [5.74, 6) is 2.73. The highest BCUT2D eigenvalue weighted by Crippen LogP contribution is 2.32. The maximum Gasteiger partial charge on any atom is 0.140 e. The largest absolute Gasteiger partial charge is 0.368 e. The van der Waals surface area contributed by atoms with Gasteiger partial charge in [0.05, 0.1) is 10.4 Å². The normalized spacial score (nSPS) is 14.8. The fraction of sp³-hybridized carbons (Fsp3) is 0.357. The van der Waals surface area contributed by atoms with Crippen molar-refractivity contribution in [2.24, 2.45) is 0 Å². The quantitative estimate of drug-likeness (QED) is 0.819. The Labute approximate surface area is 107 Å². The van der Waals surface area contributed by atoms with Crippen LogP contribution in [0.1, 0.15) is 26.8 Å². The maximum atomic E-state index is 4.73. The smallest absolute Gasteiger partial charge is 0.140 e. The minimum absolute atomic E-state index is 0. The zero-order chi connectivity index (χ0) is 11.8. The van der Waals surface area contributed by atoms with E-state index in [9.17, 15) is 0 Å². The molecule has 90 valence electrons.